The number of carbonyl (C=O) groups is 1. The Hall–Kier alpha value is -0.780. The maximum atomic E-state index is 12.4. The van der Waals surface area contributed by atoms with Gasteiger partial charge in [0.25, 0.3) is 0 Å². The average molecular weight is 433 g/mol. The van der Waals surface area contributed by atoms with E-state index in [1.54, 1.807) is 18.2 Å². The van der Waals surface area contributed by atoms with E-state index in [9.17, 15) is 4.79 Å². The van der Waals surface area contributed by atoms with Crippen molar-refractivity contribution in [2.75, 3.05) is 6.61 Å². The van der Waals surface area contributed by atoms with Crippen LogP contribution < -0.4 is 4.74 Å². The van der Waals surface area contributed by atoms with E-state index in [-0.39, 0.29) is 12.2 Å². The molecule has 2 aromatic carbocycles. The highest BCUT2D eigenvalue weighted by atomic mass is 127. The molecule has 0 aromatic heterocycles. The fourth-order valence-corrected chi connectivity index (χ4v) is 3.20. The van der Waals surface area contributed by atoms with Crippen LogP contribution >= 0.6 is 45.8 Å². The van der Waals surface area contributed by atoms with Gasteiger partial charge >= 0.3 is 0 Å². The highest BCUT2D eigenvalue weighted by Crippen LogP contribution is 2.33. The van der Waals surface area contributed by atoms with Crippen LogP contribution in [0.5, 0.6) is 5.75 Å². The molecule has 3 rings (SSSR count). The van der Waals surface area contributed by atoms with E-state index in [0.717, 1.165) is 26.9 Å². The summed E-state index contributed by atoms with van der Waals surface area (Å²) in [4.78, 5) is 12.4. The van der Waals surface area contributed by atoms with E-state index in [1.165, 1.54) is 0 Å². The lowest BCUT2D eigenvalue weighted by Gasteiger charge is -2.09. The lowest BCUT2D eigenvalue weighted by Crippen LogP contribution is -2.05. The number of carbonyl (C=O) groups excluding carboxylic acids is 1. The smallest absolute Gasteiger partial charge is 0.167 e. The number of halogens is 3. The molecule has 1 aliphatic heterocycles. The summed E-state index contributed by atoms with van der Waals surface area (Å²) in [6.07, 6.45) is 1.10. The number of fused-ring (bicyclic) bond motifs is 1. The molecule has 1 heterocycles. The second kappa shape index (κ2) is 6.15. The fraction of sp³-hybridized carbons (Fsp3) is 0.188. The highest BCUT2D eigenvalue weighted by Gasteiger charge is 2.20. The van der Waals surface area contributed by atoms with E-state index in [0.29, 0.717) is 22.2 Å². The van der Waals surface area contributed by atoms with Gasteiger partial charge in [-0.25, -0.2) is 0 Å². The van der Waals surface area contributed by atoms with Gasteiger partial charge in [0.2, 0.25) is 0 Å². The zero-order valence-corrected chi connectivity index (χ0v) is 14.6. The van der Waals surface area contributed by atoms with Gasteiger partial charge in [-0.3, -0.25) is 4.79 Å². The average Bonchev–Trinajstić information content (AvgIpc) is 2.90. The third-order valence-corrected chi connectivity index (χ3v) is 5.21. The zero-order valence-electron chi connectivity index (χ0n) is 11.0. The lowest BCUT2D eigenvalue weighted by molar-refractivity contribution is 0.0992. The SMILES string of the molecule is O=C(Cc1cc(Cl)cc2c1OCC2)c1ccc(I)c(Cl)c1. The molecule has 0 spiro atoms. The minimum atomic E-state index is 0.00765. The fourth-order valence-electron chi connectivity index (χ4n) is 2.42. The van der Waals surface area contributed by atoms with E-state index in [2.05, 4.69) is 22.6 Å². The van der Waals surface area contributed by atoms with Crippen LogP contribution in [0.25, 0.3) is 0 Å². The molecule has 5 heteroatoms. The summed E-state index contributed by atoms with van der Waals surface area (Å²) in [5.41, 5.74) is 2.52. The van der Waals surface area contributed by atoms with Crippen molar-refractivity contribution in [2.45, 2.75) is 12.8 Å². The van der Waals surface area contributed by atoms with Crippen molar-refractivity contribution >= 4 is 51.6 Å². The Morgan fingerprint density at radius 3 is 2.81 bits per heavy atom. The molecular formula is C16H11Cl2IO2. The maximum Gasteiger partial charge on any atom is 0.167 e. The molecule has 0 saturated carbocycles. The van der Waals surface area contributed by atoms with Crippen LogP contribution in [0.4, 0.5) is 0 Å². The van der Waals surface area contributed by atoms with Gasteiger partial charge in [-0.05, 0) is 52.4 Å². The van der Waals surface area contributed by atoms with Gasteiger partial charge in [-0.1, -0.05) is 29.3 Å². The summed E-state index contributed by atoms with van der Waals surface area (Å²) in [6, 6.07) is 9.05. The topological polar surface area (TPSA) is 26.3 Å². The molecule has 2 nitrogen and oxygen atoms in total. The Balaban J connectivity index is 1.90. The van der Waals surface area contributed by atoms with E-state index in [1.807, 2.05) is 12.1 Å². The third kappa shape index (κ3) is 3.20. The minimum Gasteiger partial charge on any atom is -0.493 e. The molecule has 0 bridgehead atoms. The molecule has 0 radical (unpaired) electrons. The first-order chi connectivity index (χ1) is 10.0. The van der Waals surface area contributed by atoms with Crippen LogP contribution in [-0.4, -0.2) is 12.4 Å². The lowest BCUT2D eigenvalue weighted by atomic mass is 10.00. The molecule has 0 saturated heterocycles. The van der Waals surface area contributed by atoms with Crippen LogP contribution in [0.2, 0.25) is 10.0 Å². The second-order valence-electron chi connectivity index (χ2n) is 4.88. The maximum absolute atomic E-state index is 12.4. The largest absolute Gasteiger partial charge is 0.493 e. The highest BCUT2D eigenvalue weighted by molar-refractivity contribution is 14.1. The number of benzene rings is 2. The molecule has 0 amide bonds. The monoisotopic (exact) mass is 432 g/mol. The Morgan fingerprint density at radius 1 is 1.24 bits per heavy atom. The van der Waals surface area contributed by atoms with Crippen LogP contribution in [0.3, 0.4) is 0 Å². The molecule has 0 N–H and O–H groups in total. The van der Waals surface area contributed by atoms with Crippen molar-refractivity contribution in [3.63, 3.8) is 0 Å². The first-order valence-electron chi connectivity index (χ1n) is 6.47. The summed E-state index contributed by atoms with van der Waals surface area (Å²) < 4.78 is 6.55. The number of rotatable bonds is 3. The van der Waals surface area contributed by atoms with Gasteiger partial charge in [-0.2, -0.15) is 0 Å². The van der Waals surface area contributed by atoms with Gasteiger partial charge in [0.1, 0.15) is 5.75 Å². The van der Waals surface area contributed by atoms with E-state index in [4.69, 9.17) is 27.9 Å². The Kier molecular flexibility index (Phi) is 4.43. The number of ketones is 1. The molecular weight excluding hydrogens is 422 g/mol. The number of hydrogen-bond acceptors (Lipinski definition) is 2. The summed E-state index contributed by atoms with van der Waals surface area (Å²) >= 11 is 14.3. The molecule has 2 aromatic rings. The molecule has 108 valence electrons. The number of Topliss-reactive ketones (excluding diaryl/α,β-unsaturated/α-hetero) is 1. The normalized spacial score (nSPS) is 12.9. The van der Waals surface area contributed by atoms with Gasteiger partial charge in [-0.15, -0.1) is 0 Å². The predicted octanol–water partition coefficient (Wildman–Crippen LogP) is 4.96. The van der Waals surface area contributed by atoms with E-state index >= 15 is 0 Å². The molecule has 21 heavy (non-hydrogen) atoms. The van der Waals surface area contributed by atoms with Gasteiger partial charge in [0.05, 0.1) is 11.6 Å². The minimum absolute atomic E-state index is 0.00765. The molecule has 0 fully saturated rings. The summed E-state index contributed by atoms with van der Waals surface area (Å²) in [5.74, 6) is 0.817. The Morgan fingerprint density at radius 2 is 2.05 bits per heavy atom. The molecule has 0 aliphatic carbocycles. The van der Waals surface area contributed by atoms with Crippen molar-refractivity contribution in [2.24, 2.45) is 0 Å². The van der Waals surface area contributed by atoms with Crippen molar-refractivity contribution in [1.82, 2.24) is 0 Å². The first-order valence-corrected chi connectivity index (χ1v) is 8.30. The third-order valence-electron chi connectivity index (χ3n) is 3.42. The standard InChI is InChI=1S/C16H11Cl2IO2/c17-12-5-10-3-4-21-16(10)11(6-12)8-15(20)9-1-2-14(19)13(18)7-9/h1-2,5-7H,3-4,8H2. The van der Waals surface area contributed by atoms with Crippen LogP contribution in [0.15, 0.2) is 30.3 Å². The molecule has 1 aliphatic rings. The van der Waals surface area contributed by atoms with Gasteiger partial charge in [0, 0.05) is 32.6 Å². The first kappa shape index (κ1) is 15.1. The van der Waals surface area contributed by atoms with Crippen molar-refractivity contribution in [3.05, 3.63) is 60.6 Å². The Bertz CT molecular complexity index is 728. The molecule has 0 unspecified atom stereocenters. The van der Waals surface area contributed by atoms with Crippen LogP contribution in [0.1, 0.15) is 21.5 Å². The summed E-state index contributed by atoms with van der Waals surface area (Å²) in [7, 11) is 0. The summed E-state index contributed by atoms with van der Waals surface area (Å²) in [6.45, 7) is 0.645. The van der Waals surface area contributed by atoms with Crippen LogP contribution in [-0.2, 0) is 12.8 Å². The number of ether oxygens (including phenoxy) is 1. The second-order valence-corrected chi connectivity index (χ2v) is 6.89. The van der Waals surface area contributed by atoms with Gasteiger partial charge in [0.15, 0.2) is 5.78 Å². The van der Waals surface area contributed by atoms with Crippen molar-refractivity contribution in [1.29, 1.82) is 0 Å². The summed E-state index contributed by atoms with van der Waals surface area (Å²) in [5, 5.41) is 1.23. The van der Waals surface area contributed by atoms with Gasteiger partial charge < -0.3 is 4.74 Å². The zero-order chi connectivity index (χ0) is 15.0. The van der Waals surface area contributed by atoms with Crippen molar-refractivity contribution < 1.29 is 9.53 Å². The van der Waals surface area contributed by atoms with Crippen LogP contribution in [0, 0.1) is 3.57 Å². The molecule has 0 atom stereocenters. The van der Waals surface area contributed by atoms with Crippen molar-refractivity contribution in [3.8, 4) is 5.75 Å². The van der Waals surface area contributed by atoms with E-state index < -0.39 is 0 Å². The number of hydrogen-bond donors (Lipinski definition) is 0. The Labute approximate surface area is 146 Å². The predicted molar refractivity (Wildman–Crippen MR) is 92.9 cm³/mol. The quantitative estimate of drug-likeness (QED) is 0.506.